The third kappa shape index (κ3) is 5.09. The molecule has 0 bridgehead atoms. The first-order valence-electron chi connectivity index (χ1n) is 10.2. The van der Waals surface area contributed by atoms with Crippen LogP contribution >= 0.6 is 24.0 Å². The number of imidazole rings is 1. The molecule has 2 atom stereocenters. The summed E-state index contributed by atoms with van der Waals surface area (Å²) in [5.41, 5.74) is 1.28. The molecule has 8 heteroatoms. The van der Waals surface area contributed by atoms with E-state index in [0.29, 0.717) is 18.7 Å². The van der Waals surface area contributed by atoms with Gasteiger partial charge in [-0.2, -0.15) is 0 Å². The number of guanidine groups is 1. The molecule has 2 aromatic heterocycles. The fourth-order valence-corrected chi connectivity index (χ4v) is 4.20. The highest BCUT2D eigenvalue weighted by Gasteiger charge is 2.53. The predicted octanol–water partition coefficient (Wildman–Crippen LogP) is 3.53. The second-order valence-electron chi connectivity index (χ2n) is 7.24. The lowest BCUT2D eigenvalue weighted by molar-refractivity contribution is -0.133. The highest BCUT2D eigenvalue weighted by molar-refractivity contribution is 14.0. The van der Waals surface area contributed by atoms with Crippen molar-refractivity contribution >= 4 is 29.9 Å². The average Bonchev–Trinajstić information content (AvgIpc) is 3.26. The van der Waals surface area contributed by atoms with Gasteiger partial charge in [0.15, 0.2) is 5.96 Å². The zero-order chi connectivity index (χ0) is 20.0. The van der Waals surface area contributed by atoms with E-state index in [9.17, 15) is 0 Å². The van der Waals surface area contributed by atoms with Crippen LogP contribution in [0.15, 0.2) is 42.0 Å². The lowest BCUT2D eigenvalue weighted by atomic mass is 9.58. The summed E-state index contributed by atoms with van der Waals surface area (Å²) in [6.45, 7) is 8.03. The minimum absolute atomic E-state index is 0. The number of hydrogen-bond donors (Lipinski definition) is 2. The van der Waals surface area contributed by atoms with E-state index in [1.165, 1.54) is 0 Å². The van der Waals surface area contributed by atoms with E-state index in [4.69, 9.17) is 4.74 Å². The maximum Gasteiger partial charge on any atom is 0.191 e. The minimum atomic E-state index is 0. The zero-order valence-corrected chi connectivity index (χ0v) is 20.1. The highest BCUT2D eigenvalue weighted by atomic mass is 127. The molecule has 3 rings (SSSR count). The topological polar surface area (TPSA) is 76.4 Å². The van der Waals surface area contributed by atoms with Crippen molar-refractivity contribution in [3.8, 4) is 5.82 Å². The SMILES string of the molecule is CCOC1CC(NC(=NC)NCc2ccc(-n3ccnc3)nc2)C1(CC)CC.I. The van der Waals surface area contributed by atoms with Crippen LogP contribution in [-0.2, 0) is 11.3 Å². The molecule has 160 valence electrons. The van der Waals surface area contributed by atoms with Crippen molar-refractivity contribution in [2.45, 2.75) is 58.7 Å². The van der Waals surface area contributed by atoms with E-state index < -0.39 is 0 Å². The summed E-state index contributed by atoms with van der Waals surface area (Å²) in [4.78, 5) is 13.0. The van der Waals surface area contributed by atoms with Gasteiger partial charge in [0.1, 0.15) is 12.1 Å². The Morgan fingerprint density at radius 1 is 1.31 bits per heavy atom. The number of hydrogen-bond acceptors (Lipinski definition) is 4. The molecule has 0 spiro atoms. The van der Waals surface area contributed by atoms with Gasteiger partial charge in [-0.05, 0) is 37.8 Å². The van der Waals surface area contributed by atoms with Crippen molar-refractivity contribution < 1.29 is 4.74 Å². The Kier molecular flexibility index (Phi) is 8.88. The van der Waals surface area contributed by atoms with Crippen molar-refractivity contribution in [3.63, 3.8) is 0 Å². The fraction of sp³-hybridized carbons (Fsp3) is 0.571. The quantitative estimate of drug-likeness (QED) is 0.322. The molecule has 1 aliphatic carbocycles. The van der Waals surface area contributed by atoms with E-state index in [-0.39, 0.29) is 29.4 Å². The van der Waals surface area contributed by atoms with Gasteiger partial charge in [-0.1, -0.05) is 19.9 Å². The molecule has 1 aliphatic rings. The number of pyridine rings is 1. The maximum absolute atomic E-state index is 5.98. The van der Waals surface area contributed by atoms with Crippen molar-refractivity contribution in [2.24, 2.45) is 10.4 Å². The Morgan fingerprint density at radius 2 is 2.10 bits per heavy atom. The van der Waals surface area contributed by atoms with E-state index in [1.807, 2.05) is 30.1 Å². The molecule has 2 heterocycles. The molecule has 0 amide bonds. The monoisotopic (exact) mass is 512 g/mol. The van der Waals surface area contributed by atoms with Gasteiger partial charge in [0.2, 0.25) is 0 Å². The maximum atomic E-state index is 5.98. The number of nitrogens with zero attached hydrogens (tertiary/aromatic N) is 4. The Morgan fingerprint density at radius 3 is 2.66 bits per heavy atom. The predicted molar refractivity (Wildman–Crippen MR) is 127 cm³/mol. The standard InChI is InChI=1S/C21H32N6O.HI/c1-5-21(6-2)17(12-18(21)28-7-3)26-20(22-4)25-14-16-8-9-19(24-13-16)27-11-10-23-15-27;/h8-11,13,15,17-18H,5-7,12,14H2,1-4H3,(H2,22,25,26);1H. The van der Waals surface area contributed by atoms with Gasteiger partial charge in [-0.15, -0.1) is 24.0 Å². The van der Waals surface area contributed by atoms with Gasteiger partial charge in [-0.3, -0.25) is 9.56 Å². The summed E-state index contributed by atoms with van der Waals surface area (Å²) in [7, 11) is 1.81. The Balaban J connectivity index is 0.00000300. The molecular formula is C21H33IN6O. The lowest BCUT2D eigenvalue weighted by Crippen LogP contribution is -2.65. The van der Waals surface area contributed by atoms with Crippen LogP contribution in [0.1, 0.15) is 45.6 Å². The van der Waals surface area contributed by atoms with E-state index in [1.54, 1.807) is 12.5 Å². The van der Waals surface area contributed by atoms with Crippen LogP contribution in [0.3, 0.4) is 0 Å². The summed E-state index contributed by atoms with van der Waals surface area (Å²) >= 11 is 0. The average molecular weight is 512 g/mol. The molecule has 2 aromatic rings. The van der Waals surface area contributed by atoms with Gasteiger partial charge >= 0.3 is 0 Å². The second kappa shape index (κ2) is 10.9. The Hall–Kier alpha value is -1.68. The molecule has 0 radical (unpaired) electrons. The second-order valence-corrected chi connectivity index (χ2v) is 7.24. The number of halogens is 1. The third-order valence-corrected chi connectivity index (χ3v) is 6.04. The van der Waals surface area contributed by atoms with Crippen molar-refractivity contribution in [2.75, 3.05) is 13.7 Å². The van der Waals surface area contributed by atoms with Crippen LogP contribution in [0.25, 0.3) is 5.82 Å². The van der Waals surface area contributed by atoms with Crippen LogP contribution in [0.4, 0.5) is 0 Å². The van der Waals surface area contributed by atoms with Crippen molar-refractivity contribution in [1.82, 2.24) is 25.2 Å². The minimum Gasteiger partial charge on any atom is -0.378 e. The van der Waals surface area contributed by atoms with Crippen LogP contribution in [0.5, 0.6) is 0 Å². The summed E-state index contributed by atoms with van der Waals surface area (Å²) in [6.07, 6.45) is 10.8. The Bertz CT molecular complexity index is 758. The smallest absolute Gasteiger partial charge is 0.191 e. The summed E-state index contributed by atoms with van der Waals surface area (Å²) in [5.74, 6) is 1.68. The van der Waals surface area contributed by atoms with Crippen LogP contribution in [0, 0.1) is 5.41 Å². The van der Waals surface area contributed by atoms with Crippen molar-refractivity contribution in [1.29, 1.82) is 0 Å². The molecule has 29 heavy (non-hydrogen) atoms. The molecule has 2 N–H and O–H groups in total. The van der Waals surface area contributed by atoms with Crippen molar-refractivity contribution in [3.05, 3.63) is 42.6 Å². The Labute approximate surface area is 190 Å². The molecule has 0 saturated heterocycles. The largest absolute Gasteiger partial charge is 0.378 e. The summed E-state index contributed by atoms with van der Waals surface area (Å²) in [5, 5.41) is 7.03. The van der Waals surface area contributed by atoms with Gasteiger partial charge in [-0.25, -0.2) is 9.97 Å². The summed E-state index contributed by atoms with van der Waals surface area (Å²) in [6, 6.07) is 4.44. The van der Waals surface area contributed by atoms with Gasteiger partial charge in [0.25, 0.3) is 0 Å². The molecule has 7 nitrogen and oxygen atoms in total. The molecule has 0 aliphatic heterocycles. The van der Waals surface area contributed by atoms with E-state index in [2.05, 4.69) is 52.4 Å². The number of rotatable bonds is 8. The van der Waals surface area contributed by atoms with Crippen LogP contribution < -0.4 is 10.6 Å². The van der Waals surface area contributed by atoms with Crippen LogP contribution in [0.2, 0.25) is 0 Å². The lowest BCUT2D eigenvalue weighted by Gasteiger charge is -2.55. The number of nitrogens with one attached hydrogen (secondary N) is 2. The highest BCUT2D eigenvalue weighted by Crippen LogP contribution is 2.48. The number of aromatic nitrogens is 3. The van der Waals surface area contributed by atoms with Gasteiger partial charge in [0.05, 0.1) is 6.10 Å². The van der Waals surface area contributed by atoms with E-state index in [0.717, 1.165) is 43.2 Å². The molecular weight excluding hydrogens is 479 g/mol. The molecule has 0 aromatic carbocycles. The molecule has 2 unspecified atom stereocenters. The first-order valence-corrected chi connectivity index (χ1v) is 10.2. The molecule has 1 fully saturated rings. The first-order chi connectivity index (χ1) is 13.7. The first kappa shape index (κ1) is 23.6. The van der Waals surface area contributed by atoms with Gasteiger partial charge in [0, 0.05) is 50.2 Å². The van der Waals surface area contributed by atoms with E-state index >= 15 is 0 Å². The molecule has 1 saturated carbocycles. The van der Waals surface area contributed by atoms with Gasteiger partial charge < -0.3 is 15.4 Å². The normalized spacial score (nSPS) is 20.5. The zero-order valence-electron chi connectivity index (χ0n) is 17.8. The fourth-order valence-electron chi connectivity index (χ4n) is 4.20. The number of ether oxygens (including phenoxy) is 1. The van der Waals surface area contributed by atoms with Crippen LogP contribution in [-0.4, -0.2) is 46.3 Å². The number of aliphatic imine (C=N–C) groups is 1. The summed E-state index contributed by atoms with van der Waals surface area (Å²) < 4.78 is 7.86. The third-order valence-electron chi connectivity index (χ3n) is 6.04.